The van der Waals surface area contributed by atoms with E-state index in [4.69, 9.17) is 4.74 Å². The predicted molar refractivity (Wildman–Crippen MR) is 104 cm³/mol. The van der Waals surface area contributed by atoms with Gasteiger partial charge in [0.2, 0.25) is 11.8 Å². The van der Waals surface area contributed by atoms with Crippen molar-refractivity contribution in [2.75, 3.05) is 26.8 Å². The van der Waals surface area contributed by atoms with Crippen LogP contribution in [0, 0.1) is 5.92 Å². The fraction of sp³-hybridized carbons (Fsp3) is 0.500. The van der Waals surface area contributed by atoms with Gasteiger partial charge in [0.1, 0.15) is 12.4 Å². The third-order valence-electron chi connectivity index (χ3n) is 4.76. The van der Waals surface area contributed by atoms with Gasteiger partial charge in [-0.2, -0.15) is 5.10 Å². The second kappa shape index (κ2) is 8.97. The lowest BCUT2D eigenvalue weighted by atomic mass is 10.0. The van der Waals surface area contributed by atoms with E-state index in [1.54, 1.807) is 4.90 Å². The molecular formula is C20H27N5O3. The minimum atomic E-state index is -0.240. The zero-order valence-electron chi connectivity index (χ0n) is 16.5. The molecular weight excluding hydrogens is 358 g/mol. The normalized spacial score (nSPS) is 19.2. The van der Waals surface area contributed by atoms with Gasteiger partial charge in [-0.05, 0) is 5.92 Å². The molecule has 0 unspecified atom stereocenters. The van der Waals surface area contributed by atoms with Gasteiger partial charge in [-0.25, -0.2) is 4.98 Å². The number of aromatic amines is 1. The lowest BCUT2D eigenvalue weighted by Gasteiger charge is -2.18. The highest BCUT2D eigenvalue weighted by Crippen LogP contribution is 2.28. The first-order valence-corrected chi connectivity index (χ1v) is 9.51. The number of ether oxygens (including phenoxy) is 1. The Hall–Kier alpha value is -2.74. The van der Waals surface area contributed by atoms with Crippen LogP contribution in [0.1, 0.15) is 32.0 Å². The van der Waals surface area contributed by atoms with Crippen LogP contribution in [0.2, 0.25) is 0 Å². The van der Waals surface area contributed by atoms with Crippen LogP contribution in [0.15, 0.2) is 30.3 Å². The maximum absolute atomic E-state index is 12.6. The third-order valence-corrected chi connectivity index (χ3v) is 4.76. The summed E-state index contributed by atoms with van der Waals surface area (Å²) >= 11 is 0. The SMILES string of the molecule is COCC(=O)N[C@@H]1CN(C(=O)CC(C)C)C[C@H]1c1nc(-c2ccccc2)n[nH]1. The van der Waals surface area contributed by atoms with Crippen LogP contribution in [-0.2, 0) is 14.3 Å². The van der Waals surface area contributed by atoms with E-state index in [1.807, 2.05) is 44.2 Å². The van der Waals surface area contributed by atoms with Crippen molar-refractivity contribution in [2.24, 2.45) is 5.92 Å². The molecule has 1 aromatic carbocycles. The van der Waals surface area contributed by atoms with Crippen LogP contribution >= 0.6 is 0 Å². The van der Waals surface area contributed by atoms with Gasteiger partial charge in [0.25, 0.3) is 0 Å². The maximum atomic E-state index is 12.6. The Kier molecular flexibility index (Phi) is 6.41. The van der Waals surface area contributed by atoms with Crippen LogP contribution in [-0.4, -0.2) is 64.7 Å². The number of methoxy groups -OCH3 is 1. The number of carbonyl (C=O) groups is 2. The van der Waals surface area contributed by atoms with Crippen LogP contribution in [0.3, 0.4) is 0 Å². The van der Waals surface area contributed by atoms with Crippen molar-refractivity contribution in [3.05, 3.63) is 36.2 Å². The van der Waals surface area contributed by atoms with E-state index < -0.39 is 0 Å². The molecule has 28 heavy (non-hydrogen) atoms. The second-order valence-corrected chi connectivity index (χ2v) is 7.52. The molecule has 0 spiro atoms. The van der Waals surface area contributed by atoms with Gasteiger partial charge in [0.15, 0.2) is 5.82 Å². The predicted octanol–water partition coefficient (Wildman–Crippen LogP) is 1.57. The van der Waals surface area contributed by atoms with E-state index in [0.29, 0.717) is 31.2 Å². The van der Waals surface area contributed by atoms with Crippen molar-refractivity contribution in [1.29, 1.82) is 0 Å². The first-order chi connectivity index (χ1) is 13.5. The van der Waals surface area contributed by atoms with Crippen molar-refractivity contribution in [2.45, 2.75) is 32.2 Å². The quantitative estimate of drug-likeness (QED) is 0.754. The molecule has 1 saturated heterocycles. The molecule has 1 fully saturated rings. The van der Waals surface area contributed by atoms with Gasteiger partial charge in [0.05, 0.1) is 12.0 Å². The second-order valence-electron chi connectivity index (χ2n) is 7.52. The van der Waals surface area contributed by atoms with Gasteiger partial charge in [-0.1, -0.05) is 44.2 Å². The number of hydrogen-bond donors (Lipinski definition) is 2. The summed E-state index contributed by atoms with van der Waals surface area (Å²) in [5, 5.41) is 10.3. The molecule has 2 atom stereocenters. The molecule has 2 N–H and O–H groups in total. The first-order valence-electron chi connectivity index (χ1n) is 9.51. The van der Waals surface area contributed by atoms with E-state index in [9.17, 15) is 9.59 Å². The summed E-state index contributed by atoms with van der Waals surface area (Å²) in [6.45, 7) is 4.96. The fourth-order valence-corrected chi connectivity index (χ4v) is 3.45. The summed E-state index contributed by atoms with van der Waals surface area (Å²) in [4.78, 5) is 31.1. The van der Waals surface area contributed by atoms with Crippen LogP contribution in [0.25, 0.3) is 11.4 Å². The number of aromatic nitrogens is 3. The average molecular weight is 385 g/mol. The number of nitrogens with zero attached hydrogens (tertiary/aromatic N) is 3. The van der Waals surface area contributed by atoms with Crippen LogP contribution in [0.4, 0.5) is 0 Å². The van der Waals surface area contributed by atoms with Gasteiger partial charge >= 0.3 is 0 Å². The highest BCUT2D eigenvalue weighted by Gasteiger charge is 2.39. The highest BCUT2D eigenvalue weighted by atomic mass is 16.5. The molecule has 2 aromatic rings. The summed E-state index contributed by atoms with van der Waals surface area (Å²) in [6.07, 6.45) is 0.483. The van der Waals surface area contributed by atoms with Gasteiger partial charge < -0.3 is 15.0 Å². The molecule has 1 aliphatic rings. The molecule has 0 radical (unpaired) electrons. The Morgan fingerprint density at radius 3 is 2.71 bits per heavy atom. The van der Waals surface area contributed by atoms with Crippen molar-refractivity contribution in [1.82, 2.24) is 25.4 Å². The Labute approximate surface area is 164 Å². The molecule has 150 valence electrons. The highest BCUT2D eigenvalue weighted by molar-refractivity contribution is 5.79. The maximum Gasteiger partial charge on any atom is 0.246 e. The van der Waals surface area contributed by atoms with Gasteiger partial charge in [-0.15, -0.1) is 0 Å². The lowest BCUT2D eigenvalue weighted by molar-refractivity contribution is -0.131. The number of hydrogen-bond acceptors (Lipinski definition) is 5. The smallest absolute Gasteiger partial charge is 0.246 e. The molecule has 1 aliphatic heterocycles. The van der Waals surface area contributed by atoms with Crippen LogP contribution in [0.5, 0.6) is 0 Å². The molecule has 2 heterocycles. The molecule has 0 bridgehead atoms. The number of H-pyrrole nitrogens is 1. The Morgan fingerprint density at radius 1 is 1.29 bits per heavy atom. The standard InChI is InChI=1S/C20H27N5O3/c1-13(2)9-18(27)25-10-15(16(11-25)21-17(26)12-28-3)20-22-19(23-24-20)14-7-5-4-6-8-14/h4-8,13,15-16H,9-12H2,1-3H3,(H,21,26)(H,22,23,24)/t15-,16-/m1/s1. The molecule has 0 saturated carbocycles. The summed E-state index contributed by atoms with van der Waals surface area (Å²) in [6, 6.07) is 9.45. The average Bonchev–Trinajstić information content (AvgIpc) is 3.29. The number of carbonyl (C=O) groups excluding carboxylic acids is 2. The van der Waals surface area contributed by atoms with Crippen molar-refractivity contribution < 1.29 is 14.3 Å². The van der Waals surface area contributed by atoms with E-state index in [2.05, 4.69) is 20.5 Å². The number of nitrogens with one attached hydrogen (secondary N) is 2. The molecule has 8 heteroatoms. The van der Waals surface area contributed by atoms with E-state index >= 15 is 0 Å². The lowest BCUT2D eigenvalue weighted by Crippen LogP contribution is -2.42. The Balaban J connectivity index is 1.80. The van der Waals surface area contributed by atoms with Crippen molar-refractivity contribution in [3.63, 3.8) is 0 Å². The summed E-state index contributed by atoms with van der Waals surface area (Å²) in [7, 11) is 1.48. The topological polar surface area (TPSA) is 100 Å². The van der Waals surface area contributed by atoms with E-state index in [-0.39, 0.29) is 36.3 Å². The zero-order chi connectivity index (χ0) is 20.1. The Bertz CT molecular complexity index is 805. The monoisotopic (exact) mass is 385 g/mol. The van der Waals surface area contributed by atoms with Crippen LogP contribution < -0.4 is 5.32 Å². The number of benzene rings is 1. The zero-order valence-corrected chi connectivity index (χ0v) is 16.5. The summed E-state index contributed by atoms with van der Waals surface area (Å²) in [5.41, 5.74) is 0.913. The number of rotatable bonds is 7. The number of amides is 2. The first kappa shape index (κ1) is 20.0. The van der Waals surface area contributed by atoms with Crippen molar-refractivity contribution in [3.8, 4) is 11.4 Å². The van der Waals surface area contributed by atoms with Gasteiger partial charge in [-0.3, -0.25) is 14.7 Å². The van der Waals surface area contributed by atoms with E-state index in [0.717, 1.165) is 5.56 Å². The minimum Gasteiger partial charge on any atom is -0.375 e. The number of likely N-dealkylation sites (tertiary alicyclic amines) is 1. The molecule has 1 aromatic heterocycles. The van der Waals surface area contributed by atoms with Gasteiger partial charge in [0, 0.05) is 32.2 Å². The molecule has 2 amide bonds. The molecule has 8 nitrogen and oxygen atoms in total. The summed E-state index contributed by atoms with van der Waals surface area (Å²) < 4.78 is 4.92. The Morgan fingerprint density at radius 2 is 2.04 bits per heavy atom. The fourth-order valence-electron chi connectivity index (χ4n) is 3.45. The summed E-state index contributed by atoms with van der Waals surface area (Å²) in [5.74, 6) is 1.28. The third kappa shape index (κ3) is 4.75. The van der Waals surface area contributed by atoms with E-state index in [1.165, 1.54) is 7.11 Å². The largest absolute Gasteiger partial charge is 0.375 e. The molecule has 0 aliphatic carbocycles. The molecule has 3 rings (SSSR count). The van der Waals surface area contributed by atoms with Crippen molar-refractivity contribution >= 4 is 11.8 Å². The minimum absolute atomic E-state index is 0.0190.